The summed E-state index contributed by atoms with van der Waals surface area (Å²) in [5.74, 6) is 0.911. The summed E-state index contributed by atoms with van der Waals surface area (Å²) < 4.78 is 0. The number of ketones is 1. The van der Waals surface area contributed by atoms with Crippen molar-refractivity contribution in [3.8, 4) is 0 Å². The summed E-state index contributed by atoms with van der Waals surface area (Å²) in [6.45, 7) is 4.45. The van der Waals surface area contributed by atoms with Crippen molar-refractivity contribution in [3.05, 3.63) is 42.2 Å². The standard InChI is InChI=1S/C19H23NO/c1-14(2)12-19(9-3-4-10-19)18(21)17-7-5-6-15-13-20-11-8-16(15)17/h5-8,11,13-14H,3-4,9-10,12H2,1-2H3. The second-order valence-corrected chi connectivity index (χ2v) is 6.82. The van der Waals surface area contributed by atoms with E-state index in [0.29, 0.717) is 11.7 Å². The molecule has 21 heavy (non-hydrogen) atoms. The molecule has 0 N–H and O–H groups in total. The summed E-state index contributed by atoms with van der Waals surface area (Å²) in [4.78, 5) is 17.5. The summed E-state index contributed by atoms with van der Waals surface area (Å²) in [6, 6.07) is 7.98. The van der Waals surface area contributed by atoms with Crippen LogP contribution in [0.4, 0.5) is 0 Å². The summed E-state index contributed by atoms with van der Waals surface area (Å²) in [5, 5.41) is 2.11. The molecule has 1 heterocycles. The van der Waals surface area contributed by atoms with Crippen LogP contribution in [0, 0.1) is 11.3 Å². The summed E-state index contributed by atoms with van der Waals surface area (Å²) in [5.41, 5.74) is 0.753. The first kappa shape index (κ1) is 14.2. The van der Waals surface area contributed by atoms with E-state index in [1.807, 2.05) is 30.5 Å². The molecule has 0 atom stereocenters. The van der Waals surface area contributed by atoms with Crippen LogP contribution < -0.4 is 0 Å². The Morgan fingerprint density at radius 2 is 2.00 bits per heavy atom. The molecule has 0 bridgehead atoms. The van der Waals surface area contributed by atoms with E-state index in [4.69, 9.17) is 0 Å². The van der Waals surface area contributed by atoms with Crippen LogP contribution >= 0.6 is 0 Å². The first-order valence-electron chi connectivity index (χ1n) is 8.00. The minimum atomic E-state index is -0.133. The molecule has 2 nitrogen and oxygen atoms in total. The molecular formula is C19H23NO. The van der Waals surface area contributed by atoms with Crippen molar-refractivity contribution in [1.29, 1.82) is 0 Å². The van der Waals surface area contributed by atoms with Gasteiger partial charge in [-0.1, -0.05) is 44.9 Å². The van der Waals surface area contributed by atoms with Gasteiger partial charge in [0.1, 0.15) is 0 Å². The summed E-state index contributed by atoms with van der Waals surface area (Å²) in [6.07, 6.45) is 9.10. The van der Waals surface area contributed by atoms with E-state index in [2.05, 4.69) is 18.8 Å². The molecule has 3 rings (SSSR count). The predicted molar refractivity (Wildman–Crippen MR) is 86.4 cm³/mol. The molecule has 0 amide bonds. The number of hydrogen-bond donors (Lipinski definition) is 0. The molecule has 1 aromatic carbocycles. The fraction of sp³-hybridized carbons (Fsp3) is 0.474. The summed E-state index contributed by atoms with van der Waals surface area (Å²) in [7, 11) is 0. The molecule has 110 valence electrons. The zero-order chi connectivity index (χ0) is 14.9. The zero-order valence-electron chi connectivity index (χ0n) is 12.9. The third-order valence-corrected chi connectivity index (χ3v) is 4.77. The number of pyridine rings is 1. The quantitative estimate of drug-likeness (QED) is 0.736. The topological polar surface area (TPSA) is 30.0 Å². The molecule has 2 aromatic rings. The lowest BCUT2D eigenvalue weighted by molar-refractivity contribution is 0.0762. The molecule has 0 unspecified atom stereocenters. The van der Waals surface area contributed by atoms with E-state index in [-0.39, 0.29) is 5.41 Å². The molecule has 1 saturated carbocycles. The zero-order valence-corrected chi connectivity index (χ0v) is 12.9. The van der Waals surface area contributed by atoms with E-state index in [1.54, 1.807) is 6.20 Å². The second kappa shape index (κ2) is 5.59. The van der Waals surface area contributed by atoms with Gasteiger partial charge < -0.3 is 0 Å². The van der Waals surface area contributed by atoms with Crippen LogP contribution in [-0.4, -0.2) is 10.8 Å². The van der Waals surface area contributed by atoms with Crippen molar-refractivity contribution in [2.45, 2.75) is 46.0 Å². The molecule has 0 saturated heterocycles. The number of Topliss-reactive ketones (excluding diaryl/α,β-unsaturated/α-hetero) is 1. The maximum atomic E-state index is 13.3. The fourth-order valence-corrected chi connectivity index (χ4v) is 3.96. The Bertz CT molecular complexity index is 648. The smallest absolute Gasteiger partial charge is 0.169 e. The molecule has 1 aliphatic rings. The van der Waals surface area contributed by atoms with Crippen molar-refractivity contribution in [1.82, 2.24) is 4.98 Å². The van der Waals surface area contributed by atoms with Crippen molar-refractivity contribution in [2.75, 3.05) is 0 Å². The van der Waals surface area contributed by atoms with Gasteiger partial charge in [0.25, 0.3) is 0 Å². The van der Waals surface area contributed by atoms with Crippen LogP contribution in [0.5, 0.6) is 0 Å². The van der Waals surface area contributed by atoms with Crippen molar-refractivity contribution < 1.29 is 4.79 Å². The van der Waals surface area contributed by atoms with Gasteiger partial charge in [0.15, 0.2) is 5.78 Å². The maximum absolute atomic E-state index is 13.3. The predicted octanol–water partition coefficient (Wildman–Crippen LogP) is 5.02. The molecule has 1 aromatic heterocycles. The Morgan fingerprint density at radius 1 is 1.24 bits per heavy atom. The lowest BCUT2D eigenvalue weighted by atomic mass is 9.72. The molecule has 0 aliphatic heterocycles. The van der Waals surface area contributed by atoms with E-state index < -0.39 is 0 Å². The van der Waals surface area contributed by atoms with Crippen molar-refractivity contribution in [3.63, 3.8) is 0 Å². The van der Waals surface area contributed by atoms with E-state index in [0.717, 1.165) is 35.6 Å². The number of hydrogen-bond acceptors (Lipinski definition) is 2. The van der Waals surface area contributed by atoms with E-state index in [1.165, 1.54) is 12.8 Å². The molecule has 0 radical (unpaired) electrons. The molecule has 2 heteroatoms. The molecule has 1 fully saturated rings. The van der Waals surface area contributed by atoms with Gasteiger partial charge >= 0.3 is 0 Å². The average molecular weight is 281 g/mol. The van der Waals surface area contributed by atoms with Crippen molar-refractivity contribution in [2.24, 2.45) is 11.3 Å². The largest absolute Gasteiger partial charge is 0.294 e. The van der Waals surface area contributed by atoms with Crippen LogP contribution in [0.2, 0.25) is 0 Å². The minimum Gasteiger partial charge on any atom is -0.294 e. The van der Waals surface area contributed by atoms with Gasteiger partial charge in [-0.2, -0.15) is 0 Å². The average Bonchev–Trinajstić information content (AvgIpc) is 2.95. The van der Waals surface area contributed by atoms with E-state index in [9.17, 15) is 4.79 Å². The minimum absolute atomic E-state index is 0.133. The third kappa shape index (κ3) is 2.59. The number of carbonyl (C=O) groups excluding carboxylic acids is 1. The SMILES string of the molecule is CC(C)CC1(C(=O)c2cccc3cnccc23)CCCC1. The van der Waals surface area contributed by atoms with Crippen LogP contribution in [0.1, 0.15) is 56.3 Å². The first-order chi connectivity index (χ1) is 10.1. The Hall–Kier alpha value is -1.70. The van der Waals surface area contributed by atoms with Gasteiger partial charge in [0, 0.05) is 28.8 Å². The van der Waals surface area contributed by atoms with Crippen LogP contribution in [0.3, 0.4) is 0 Å². The summed E-state index contributed by atoms with van der Waals surface area (Å²) >= 11 is 0. The van der Waals surface area contributed by atoms with Gasteiger partial charge in [-0.05, 0) is 36.6 Å². The van der Waals surface area contributed by atoms with Gasteiger partial charge in [-0.15, -0.1) is 0 Å². The van der Waals surface area contributed by atoms with Crippen LogP contribution in [0.15, 0.2) is 36.7 Å². The van der Waals surface area contributed by atoms with Crippen molar-refractivity contribution >= 4 is 16.6 Å². The molecule has 1 aliphatic carbocycles. The number of fused-ring (bicyclic) bond motifs is 1. The second-order valence-electron chi connectivity index (χ2n) is 6.82. The molecule has 0 spiro atoms. The highest BCUT2D eigenvalue weighted by molar-refractivity contribution is 6.10. The number of nitrogens with zero attached hydrogens (tertiary/aromatic N) is 1. The highest BCUT2D eigenvalue weighted by atomic mass is 16.1. The normalized spacial score (nSPS) is 17.5. The Balaban J connectivity index is 2.06. The van der Waals surface area contributed by atoms with Gasteiger partial charge in [0.05, 0.1) is 0 Å². The monoisotopic (exact) mass is 281 g/mol. The van der Waals surface area contributed by atoms with Gasteiger partial charge in [0.2, 0.25) is 0 Å². The van der Waals surface area contributed by atoms with Crippen LogP contribution in [-0.2, 0) is 0 Å². The fourth-order valence-electron chi connectivity index (χ4n) is 3.96. The molecular weight excluding hydrogens is 258 g/mol. The number of carbonyl (C=O) groups is 1. The number of benzene rings is 1. The lowest BCUT2D eigenvalue weighted by Gasteiger charge is -2.30. The lowest BCUT2D eigenvalue weighted by Crippen LogP contribution is -2.30. The number of aromatic nitrogens is 1. The van der Waals surface area contributed by atoms with E-state index >= 15 is 0 Å². The highest BCUT2D eigenvalue weighted by Crippen LogP contribution is 2.46. The Morgan fingerprint density at radius 3 is 2.71 bits per heavy atom. The Labute approximate surface area is 126 Å². The number of rotatable bonds is 4. The van der Waals surface area contributed by atoms with Gasteiger partial charge in [-0.3, -0.25) is 9.78 Å². The maximum Gasteiger partial charge on any atom is 0.169 e. The third-order valence-electron chi connectivity index (χ3n) is 4.77. The Kier molecular flexibility index (Phi) is 3.79. The highest BCUT2D eigenvalue weighted by Gasteiger charge is 2.41. The first-order valence-corrected chi connectivity index (χ1v) is 8.00. The van der Waals surface area contributed by atoms with Gasteiger partial charge in [-0.25, -0.2) is 0 Å². The van der Waals surface area contributed by atoms with Crippen LogP contribution in [0.25, 0.3) is 10.8 Å².